The Morgan fingerprint density at radius 2 is 1.85 bits per heavy atom. The van der Waals surface area contributed by atoms with Crippen molar-refractivity contribution >= 4 is 34.9 Å². The van der Waals surface area contributed by atoms with Crippen LogP contribution in [-0.4, -0.2) is 17.9 Å². The lowest BCUT2D eigenvalue weighted by atomic mass is 10.2. The summed E-state index contributed by atoms with van der Waals surface area (Å²) in [6.07, 6.45) is 0. The number of carbonyl (C=O) groups is 1. The molecule has 0 fully saturated rings. The van der Waals surface area contributed by atoms with Gasteiger partial charge in [-0.15, -0.1) is 0 Å². The molecule has 4 nitrogen and oxygen atoms in total. The van der Waals surface area contributed by atoms with Crippen LogP contribution in [-0.2, 0) is 6.54 Å². The summed E-state index contributed by atoms with van der Waals surface area (Å²) in [6.45, 7) is 0.387. The zero-order valence-corrected chi connectivity index (χ0v) is 12.3. The van der Waals surface area contributed by atoms with Gasteiger partial charge in [0.05, 0.1) is 5.02 Å². The minimum Gasteiger partial charge on any atom is -0.373 e. The minimum atomic E-state index is -0.318. The summed E-state index contributed by atoms with van der Waals surface area (Å²) in [6, 6.07) is 10.6. The average Bonchev–Trinajstić information content (AvgIpc) is 2.47. The van der Waals surface area contributed by atoms with E-state index < -0.39 is 0 Å². The molecule has 0 saturated heterocycles. The fourth-order valence-corrected chi connectivity index (χ4v) is 1.93. The monoisotopic (exact) mass is 309 g/mol. The molecule has 0 radical (unpaired) electrons. The summed E-state index contributed by atoms with van der Waals surface area (Å²) in [5, 5.41) is 6.61. The van der Waals surface area contributed by atoms with E-state index in [2.05, 4.69) is 15.6 Å². The molecule has 1 heterocycles. The lowest BCUT2D eigenvalue weighted by molar-refractivity contribution is 0.0946. The van der Waals surface area contributed by atoms with Crippen molar-refractivity contribution < 1.29 is 4.79 Å². The van der Waals surface area contributed by atoms with Crippen molar-refractivity contribution in [3.63, 3.8) is 0 Å². The molecule has 20 heavy (non-hydrogen) atoms. The summed E-state index contributed by atoms with van der Waals surface area (Å²) < 4.78 is 0. The van der Waals surface area contributed by atoms with Crippen molar-refractivity contribution in [2.75, 3.05) is 12.4 Å². The lowest BCUT2D eigenvalue weighted by Crippen LogP contribution is -2.24. The minimum absolute atomic E-state index is 0.201. The molecule has 2 N–H and O–H groups in total. The topological polar surface area (TPSA) is 54.0 Å². The second kappa shape index (κ2) is 6.59. The van der Waals surface area contributed by atoms with E-state index in [1.165, 1.54) is 0 Å². The highest BCUT2D eigenvalue weighted by Gasteiger charge is 2.12. The second-order valence-corrected chi connectivity index (χ2v) is 4.93. The molecule has 1 aromatic heterocycles. The van der Waals surface area contributed by atoms with Gasteiger partial charge in [-0.25, -0.2) is 4.98 Å². The van der Waals surface area contributed by atoms with Gasteiger partial charge in [0.2, 0.25) is 0 Å². The summed E-state index contributed by atoms with van der Waals surface area (Å²) in [5.41, 5.74) is 1.15. The number of rotatable bonds is 4. The first-order valence-electron chi connectivity index (χ1n) is 5.97. The zero-order chi connectivity index (χ0) is 14.5. The first-order valence-corrected chi connectivity index (χ1v) is 6.72. The average molecular weight is 310 g/mol. The third-order valence-electron chi connectivity index (χ3n) is 2.68. The number of hydrogen-bond donors (Lipinski definition) is 2. The van der Waals surface area contributed by atoms with E-state index in [-0.39, 0.29) is 11.6 Å². The summed E-state index contributed by atoms with van der Waals surface area (Å²) >= 11 is 11.8. The molecular weight excluding hydrogens is 297 g/mol. The van der Waals surface area contributed by atoms with Gasteiger partial charge >= 0.3 is 0 Å². The predicted molar refractivity (Wildman–Crippen MR) is 81.4 cm³/mol. The zero-order valence-electron chi connectivity index (χ0n) is 10.8. The Bertz CT molecular complexity index is 614. The van der Waals surface area contributed by atoms with E-state index in [1.807, 2.05) is 12.1 Å². The quantitative estimate of drug-likeness (QED) is 0.910. The van der Waals surface area contributed by atoms with E-state index in [0.717, 1.165) is 5.56 Å². The van der Waals surface area contributed by atoms with Crippen molar-refractivity contribution in [3.8, 4) is 0 Å². The molecule has 0 spiro atoms. The Balaban J connectivity index is 2.06. The Hall–Kier alpha value is -1.78. The number of carbonyl (C=O) groups excluding carboxylic acids is 1. The molecule has 0 saturated carbocycles. The molecule has 0 aliphatic carbocycles. The van der Waals surface area contributed by atoms with E-state index >= 15 is 0 Å². The normalized spacial score (nSPS) is 10.2. The van der Waals surface area contributed by atoms with Gasteiger partial charge in [0, 0.05) is 18.6 Å². The van der Waals surface area contributed by atoms with Gasteiger partial charge < -0.3 is 10.6 Å². The summed E-state index contributed by atoms with van der Waals surface area (Å²) in [7, 11) is 1.73. The molecule has 1 aromatic carbocycles. The van der Waals surface area contributed by atoms with Crippen LogP contribution in [0.3, 0.4) is 0 Å². The maximum absolute atomic E-state index is 12.1. The highest BCUT2D eigenvalue weighted by atomic mass is 35.5. The van der Waals surface area contributed by atoms with Crippen molar-refractivity contribution in [3.05, 3.63) is 57.7 Å². The smallest absolute Gasteiger partial charge is 0.271 e. The molecule has 2 aromatic rings. The Morgan fingerprint density at radius 1 is 1.15 bits per heavy atom. The molecule has 0 aliphatic heterocycles. The van der Waals surface area contributed by atoms with Crippen LogP contribution in [0.2, 0.25) is 10.0 Å². The van der Waals surface area contributed by atoms with Gasteiger partial charge in [-0.1, -0.05) is 35.3 Å². The lowest BCUT2D eigenvalue weighted by Gasteiger charge is -2.08. The van der Waals surface area contributed by atoms with Gasteiger partial charge in [0.15, 0.2) is 0 Å². The van der Waals surface area contributed by atoms with Crippen molar-refractivity contribution in [2.45, 2.75) is 6.54 Å². The fraction of sp³-hybridized carbons (Fsp3) is 0.143. The highest BCUT2D eigenvalue weighted by Crippen LogP contribution is 2.16. The first-order chi connectivity index (χ1) is 9.60. The van der Waals surface area contributed by atoms with E-state index in [4.69, 9.17) is 23.2 Å². The van der Waals surface area contributed by atoms with E-state index in [0.29, 0.717) is 22.4 Å². The largest absolute Gasteiger partial charge is 0.373 e. The summed E-state index contributed by atoms with van der Waals surface area (Å²) in [4.78, 5) is 16.2. The maximum atomic E-state index is 12.1. The molecular formula is C14H13Cl2N3O. The van der Waals surface area contributed by atoms with Crippen molar-refractivity contribution in [1.82, 2.24) is 10.3 Å². The predicted octanol–water partition coefficient (Wildman–Crippen LogP) is 3.36. The van der Waals surface area contributed by atoms with Crippen LogP contribution in [0.25, 0.3) is 0 Å². The third-order valence-corrected chi connectivity index (χ3v) is 3.24. The molecule has 104 valence electrons. The number of anilines is 1. The molecule has 2 rings (SSSR count). The van der Waals surface area contributed by atoms with Crippen LogP contribution in [0, 0.1) is 0 Å². The number of halogens is 2. The third kappa shape index (κ3) is 3.62. The number of nitrogens with zero attached hydrogens (tertiary/aromatic N) is 1. The van der Waals surface area contributed by atoms with Gasteiger partial charge in [-0.05, 0) is 29.8 Å². The Labute approximate surface area is 127 Å². The standard InChI is InChI=1S/C14H13Cl2N3O/c1-17-12-7-6-11(16)13(19-12)14(20)18-8-9-2-4-10(15)5-3-9/h2-7H,8H2,1H3,(H,17,19)(H,18,20). The van der Waals surface area contributed by atoms with Crippen LogP contribution >= 0.6 is 23.2 Å². The van der Waals surface area contributed by atoms with E-state index in [1.54, 1.807) is 31.3 Å². The van der Waals surface area contributed by atoms with Crippen LogP contribution in [0.15, 0.2) is 36.4 Å². The first kappa shape index (κ1) is 14.6. The van der Waals surface area contributed by atoms with Crippen LogP contribution in [0.1, 0.15) is 16.1 Å². The van der Waals surface area contributed by atoms with Crippen LogP contribution < -0.4 is 10.6 Å². The van der Waals surface area contributed by atoms with Gasteiger partial charge in [-0.3, -0.25) is 4.79 Å². The fourth-order valence-electron chi connectivity index (χ4n) is 1.61. The summed E-state index contributed by atoms with van der Waals surface area (Å²) in [5.74, 6) is 0.271. The Kier molecular flexibility index (Phi) is 4.82. The van der Waals surface area contributed by atoms with Gasteiger partial charge in [-0.2, -0.15) is 0 Å². The van der Waals surface area contributed by atoms with Gasteiger partial charge in [0.1, 0.15) is 11.5 Å². The molecule has 0 bridgehead atoms. The SMILES string of the molecule is CNc1ccc(Cl)c(C(=O)NCc2ccc(Cl)cc2)n1. The molecule has 0 atom stereocenters. The second-order valence-electron chi connectivity index (χ2n) is 4.09. The Morgan fingerprint density at radius 3 is 2.50 bits per heavy atom. The van der Waals surface area contributed by atoms with E-state index in [9.17, 15) is 4.79 Å². The van der Waals surface area contributed by atoms with Gasteiger partial charge in [0.25, 0.3) is 5.91 Å². The number of aromatic nitrogens is 1. The highest BCUT2D eigenvalue weighted by molar-refractivity contribution is 6.33. The molecule has 1 amide bonds. The van der Waals surface area contributed by atoms with Crippen molar-refractivity contribution in [1.29, 1.82) is 0 Å². The number of hydrogen-bond acceptors (Lipinski definition) is 3. The number of nitrogens with one attached hydrogen (secondary N) is 2. The van der Waals surface area contributed by atoms with Crippen molar-refractivity contribution in [2.24, 2.45) is 0 Å². The molecule has 6 heteroatoms. The number of amides is 1. The van der Waals surface area contributed by atoms with Crippen LogP contribution in [0.4, 0.5) is 5.82 Å². The molecule has 0 aliphatic rings. The van der Waals surface area contributed by atoms with Crippen LogP contribution in [0.5, 0.6) is 0 Å². The number of pyridine rings is 1. The molecule has 0 unspecified atom stereocenters. The maximum Gasteiger partial charge on any atom is 0.271 e. The number of benzene rings is 1.